The Kier molecular flexibility index (Phi) is 19.0. The summed E-state index contributed by atoms with van der Waals surface area (Å²) in [7, 11) is 0. The average Bonchev–Trinajstić information content (AvgIpc) is 1.63. The van der Waals surface area contributed by atoms with Crippen molar-refractivity contribution in [2.75, 3.05) is 54.7 Å². The van der Waals surface area contributed by atoms with Crippen molar-refractivity contribution < 1.29 is 9.47 Å². The molecule has 0 atom stereocenters. The van der Waals surface area contributed by atoms with Gasteiger partial charge in [-0.1, -0.05) is 128 Å². The molecule has 5 N–H and O–H groups in total. The Bertz CT molecular complexity index is 3980. The molecule has 7 aliphatic rings. The second-order valence-electron chi connectivity index (χ2n) is 20.5. The Hall–Kier alpha value is -9.61. The molecule has 0 radical (unpaired) electrons. The lowest BCUT2D eigenvalue weighted by Gasteiger charge is -2.30. The van der Waals surface area contributed by atoms with Crippen LogP contribution in [0.4, 0.5) is 22.7 Å². The summed E-state index contributed by atoms with van der Waals surface area (Å²) >= 11 is 17.1. The Labute approximate surface area is 522 Å². The lowest BCUT2D eigenvalue weighted by molar-refractivity contribution is -0.0334. The van der Waals surface area contributed by atoms with E-state index in [1.54, 1.807) is 4.90 Å². The van der Waals surface area contributed by atoms with Crippen LogP contribution in [-0.4, -0.2) is 129 Å². The Balaban J connectivity index is 0.000000152. The van der Waals surface area contributed by atoms with Crippen LogP contribution in [-0.2, 0) is 9.47 Å². The third-order valence-electron chi connectivity index (χ3n) is 13.8. The minimum atomic E-state index is -0.00849. The van der Waals surface area contributed by atoms with Crippen molar-refractivity contribution in [3.63, 3.8) is 0 Å². The Morgan fingerprint density at radius 3 is 0.955 bits per heavy atom. The van der Waals surface area contributed by atoms with Gasteiger partial charge in [0.15, 0.2) is 0 Å². The molecule has 1 saturated heterocycles. The van der Waals surface area contributed by atoms with Gasteiger partial charge in [0.2, 0.25) is 69.5 Å². The predicted octanol–water partition coefficient (Wildman–Crippen LogP) is 13.0. The summed E-state index contributed by atoms with van der Waals surface area (Å²) in [5, 5.41) is 19.2. The largest absolute Gasteiger partial charge is 0.399 e. The summed E-state index contributed by atoms with van der Waals surface area (Å²) in [6.07, 6.45) is 0. The van der Waals surface area contributed by atoms with Gasteiger partial charge in [0.05, 0.1) is 26.4 Å². The lowest BCUT2D eigenvalue weighted by Crippen LogP contribution is -2.49. The zero-order valence-electron chi connectivity index (χ0n) is 48.6. The van der Waals surface area contributed by atoms with Crippen LogP contribution in [0.15, 0.2) is 230 Å². The number of nitrogens with zero attached hydrogens (tertiary/aromatic N) is 15. The molecule has 0 aromatic heterocycles. The molecule has 15 rings (SSSR count). The van der Waals surface area contributed by atoms with Gasteiger partial charge in [0, 0.05) is 34.8 Å². The maximum atomic E-state index is 5.70. The maximum absolute atomic E-state index is 5.70. The zero-order valence-corrected chi connectivity index (χ0v) is 50.9. The van der Waals surface area contributed by atoms with Crippen molar-refractivity contribution in [3.05, 3.63) is 170 Å². The Morgan fingerprint density at radius 1 is 0.386 bits per heavy atom. The number of anilines is 4. The summed E-state index contributed by atoms with van der Waals surface area (Å²) in [5.74, 6) is 2.72. The van der Waals surface area contributed by atoms with E-state index in [0.29, 0.717) is 47.8 Å². The van der Waals surface area contributed by atoms with Crippen LogP contribution in [0.5, 0.6) is 0 Å². The van der Waals surface area contributed by atoms with Gasteiger partial charge >= 0.3 is 0 Å². The highest BCUT2D eigenvalue weighted by molar-refractivity contribution is 6.71. The molecule has 0 aliphatic carbocycles. The number of guanidine groups is 9. The van der Waals surface area contributed by atoms with Crippen LogP contribution in [0.2, 0.25) is 0 Å². The SMILES string of the molecule is C1COCCO1.CCN(C(C)C)C(C)C.ClC1=NC2=NC(Cl)=NC3=NC(Cl)=NC(=N1)N23.Nc1ccc2ccccc2c1.c1ccc2cc(NC3=NC4=NC(Nc5ccc6ccccc6c5)=NC5=NC(Nc6ccc7ccccc7c6)=NC(=N3)N45)ccc2c1. The first-order valence-electron chi connectivity index (χ1n) is 28.3. The highest BCUT2D eigenvalue weighted by Crippen LogP contribution is 2.26. The fourth-order valence-electron chi connectivity index (χ4n) is 9.83. The van der Waals surface area contributed by atoms with Crippen molar-refractivity contribution in [3.8, 4) is 0 Å². The maximum Gasteiger partial charge on any atom is 0.246 e. The van der Waals surface area contributed by atoms with Crippen LogP contribution >= 0.6 is 34.8 Å². The van der Waals surface area contributed by atoms with E-state index in [2.05, 4.69) is 170 Å². The second-order valence-corrected chi connectivity index (χ2v) is 21.5. The van der Waals surface area contributed by atoms with Gasteiger partial charge in [-0.15, -0.1) is 0 Å². The molecule has 0 saturated carbocycles. The van der Waals surface area contributed by atoms with E-state index >= 15 is 0 Å². The van der Waals surface area contributed by atoms with Crippen LogP contribution in [0.25, 0.3) is 43.1 Å². The molecule has 88 heavy (non-hydrogen) atoms. The van der Waals surface area contributed by atoms with Crippen molar-refractivity contribution in [1.82, 2.24) is 14.7 Å². The molecule has 0 bridgehead atoms. The zero-order chi connectivity index (χ0) is 61.1. The molecule has 21 nitrogen and oxygen atoms in total. The number of amidine groups is 3. The number of nitrogens with two attached hydrogens (primary N) is 1. The van der Waals surface area contributed by atoms with Crippen LogP contribution in [0.3, 0.4) is 0 Å². The van der Waals surface area contributed by atoms with E-state index in [9.17, 15) is 0 Å². The molecule has 7 heterocycles. The molecule has 0 unspecified atom stereocenters. The van der Waals surface area contributed by atoms with Crippen molar-refractivity contribution >= 4 is 170 Å². The molecule has 0 spiro atoms. The number of aliphatic imine (C=N–C) groups is 12. The summed E-state index contributed by atoms with van der Waals surface area (Å²) in [4.78, 5) is 57.2. The third-order valence-corrected chi connectivity index (χ3v) is 14.3. The molecule has 444 valence electrons. The molecular weight excluding hydrogens is 1170 g/mol. The number of fused-ring (bicyclic) bond motifs is 4. The predicted molar refractivity (Wildman–Crippen MR) is 366 cm³/mol. The topological polar surface area (TPSA) is 239 Å². The number of hydrogen-bond acceptors (Lipinski definition) is 21. The third kappa shape index (κ3) is 15.0. The number of hydrogen-bond donors (Lipinski definition) is 4. The second kappa shape index (κ2) is 27.8. The normalized spacial score (nSPS) is 16.2. The minimum absolute atomic E-state index is 0.00849. The number of halogens is 3. The van der Waals surface area contributed by atoms with Gasteiger partial charge in [-0.05, 0) is 161 Å². The fraction of sp³-hybridized carbons (Fsp3) is 0.188. The van der Waals surface area contributed by atoms with Crippen LogP contribution < -0.4 is 21.7 Å². The van der Waals surface area contributed by atoms with Gasteiger partial charge in [-0.2, -0.15) is 59.9 Å². The van der Waals surface area contributed by atoms with Gasteiger partial charge in [-0.3, -0.25) is 4.90 Å². The first-order chi connectivity index (χ1) is 42.8. The van der Waals surface area contributed by atoms with E-state index in [4.69, 9.17) is 80.0 Å². The highest BCUT2D eigenvalue weighted by Gasteiger charge is 2.36. The lowest BCUT2D eigenvalue weighted by atomic mass is 10.1. The number of nitrogen functional groups attached to an aromatic ring is 1. The number of benzene rings is 8. The van der Waals surface area contributed by atoms with E-state index < -0.39 is 0 Å². The molecule has 8 aromatic carbocycles. The van der Waals surface area contributed by atoms with Gasteiger partial charge < -0.3 is 31.2 Å². The van der Waals surface area contributed by atoms with Crippen LogP contribution in [0, 0.1) is 0 Å². The number of rotatable bonds is 6. The van der Waals surface area contributed by atoms with E-state index in [1.165, 1.54) is 15.7 Å². The Morgan fingerprint density at radius 2 is 0.670 bits per heavy atom. The molecule has 8 aromatic rings. The highest BCUT2D eigenvalue weighted by atomic mass is 35.5. The van der Waals surface area contributed by atoms with Crippen molar-refractivity contribution in [1.29, 1.82) is 0 Å². The van der Waals surface area contributed by atoms with Gasteiger partial charge in [0.1, 0.15) is 0 Å². The summed E-state index contributed by atoms with van der Waals surface area (Å²) < 4.78 is 9.89. The van der Waals surface area contributed by atoms with E-state index in [-0.39, 0.29) is 33.8 Å². The first-order valence-corrected chi connectivity index (χ1v) is 29.5. The van der Waals surface area contributed by atoms with Crippen molar-refractivity contribution in [2.45, 2.75) is 46.7 Å². The molecule has 7 aliphatic heterocycles. The monoisotopic (exact) mass is 1230 g/mol. The van der Waals surface area contributed by atoms with E-state index in [0.717, 1.165) is 88.0 Å². The van der Waals surface area contributed by atoms with Crippen LogP contribution in [0.1, 0.15) is 34.6 Å². The molecular formula is C64H60Cl3N19O2. The minimum Gasteiger partial charge on any atom is -0.399 e. The fourth-order valence-corrected chi connectivity index (χ4v) is 10.3. The summed E-state index contributed by atoms with van der Waals surface area (Å²) in [6.45, 7) is 15.4. The summed E-state index contributed by atoms with van der Waals surface area (Å²) in [5.41, 5.74) is 8.98. The number of ether oxygens (including phenoxy) is 2. The molecule has 0 amide bonds. The first kappa shape index (κ1) is 60.1. The van der Waals surface area contributed by atoms with Gasteiger partial charge in [0.25, 0.3) is 0 Å². The van der Waals surface area contributed by atoms with Crippen molar-refractivity contribution in [2.24, 2.45) is 59.9 Å². The molecule has 24 heteroatoms. The quantitative estimate of drug-likeness (QED) is 0.0913. The molecule has 1 fully saturated rings. The smallest absolute Gasteiger partial charge is 0.246 e. The number of nitrogens with one attached hydrogen (secondary N) is 3. The summed E-state index contributed by atoms with van der Waals surface area (Å²) in [6, 6.07) is 58.4. The average molecular weight is 1230 g/mol. The standard InChI is InChI=1S/C36H24N10.C10H9N.C8H19N.C6Cl3N7.C4H8O2/c1-4-10-25-19-28(16-13-22(25)7-1)37-31-40-34-42-32(38-29-17-14-23-8-2-5-11-26(23)20-29)44-36-45-33(43-35(41-31)46(34)36)39-30-18-15-24-9-3-6-12-27(24)21-30;11-10-6-5-8-3-1-2-4-9(8)7-10;1-6-9(7(2)3)8(4)5;7-1-10-4-12-2(8)14-6-15-3(9)13-5(11-1)16(4)6;1-2-6-4-3-5-1/h1-21H,(H3,37,38,39,40,41,42,43,44,45);1-7H,11H2;7-8H,6H2,1-5H3;;1-4H2. The van der Waals surface area contributed by atoms with Gasteiger partial charge in [-0.25, -0.2) is 9.80 Å². The van der Waals surface area contributed by atoms with E-state index in [1.807, 2.05) is 84.9 Å².